The average molecular weight is 530 g/mol. The third-order valence-corrected chi connectivity index (χ3v) is 6.22. The van der Waals surface area contributed by atoms with Crippen molar-refractivity contribution >= 4 is 34.5 Å². The molecule has 0 aliphatic heterocycles. The molecule has 4 rings (SSSR count). The zero-order valence-corrected chi connectivity index (χ0v) is 22.9. The van der Waals surface area contributed by atoms with Crippen molar-refractivity contribution in [1.82, 2.24) is 0 Å². The highest BCUT2D eigenvalue weighted by atomic mass is 19.1. The van der Waals surface area contributed by atoms with Crippen molar-refractivity contribution in [2.75, 3.05) is 17.7 Å². The Labute approximate surface area is 226 Å². The maximum absolute atomic E-state index is 14.8. The number of rotatable bonds is 7. The number of carbonyl (C=O) groups excluding carboxylic acids is 1. The Bertz CT molecular complexity index is 1640. The van der Waals surface area contributed by atoms with E-state index in [0.29, 0.717) is 33.4 Å². The van der Waals surface area contributed by atoms with E-state index in [-0.39, 0.29) is 16.7 Å². The second kappa shape index (κ2) is 10.7. The van der Waals surface area contributed by atoms with Crippen LogP contribution in [0.15, 0.2) is 63.8 Å². The molecule has 4 aromatic rings. The molecular formula is C31H32FN3O4. The zero-order valence-electron chi connectivity index (χ0n) is 22.9. The largest absolute Gasteiger partial charge is 0.456 e. The van der Waals surface area contributed by atoms with Crippen molar-refractivity contribution in [1.29, 1.82) is 5.41 Å². The number of aryl methyl sites for hydroxylation is 1. The van der Waals surface area contributed by atoms with Gasteiger partial charge in [0.25, 0.3) is 0 Å². The number of carbonyl (C=O) groups is 1. The summed E-state index contributed by atoms with van der Waals surface area (Å²) < 4.78 is 26.6. The smallest absolute Gasteiger partial charge is 0.343 e. The lowest BCUT2D eigenvalue weighted by Gasteiger charge is -2.23. The van der Waals surface area contributed by atoms with Crippen LogP contribution in [0.5, 0.6) is 0 Å². The first kappa shape index (κ1) is 27.6. The summed E-state index contributed by atoms with van der Waals surface area (Å²) in [5, 5.41) is 14.4. The van der Waals surface area contributed by atoms with Gasteiger partial charge in [0, 0.05) is 41.7 Å². The summed E-state index contributed by atoms with van der Waals surface area (Å²) in [4.78, 5) is 26.1. The maximum Gasteiger partial charge on any atom is 0.343 e. The van der Waals surface area contributed by atoms with Gasteiger partial charge in [-0.05, 0) is 76.6 Å². The highest BCUT2D eigenvalue weighted by Gasteiger charge is 2.25. The summed E-state index contributed by atoms with van der Waals surface area (Å²) in [6, 6.07) is 14.4. The van der Waals surface area contributed by atoms with E-state index >= 15 is 0 Å². The number of anilines is 2. The number of fused-ring (bicyclic) bond motifs is 1. The van der Waals surface area contributed by atoms with Crippen molar-refractivity contribution in [3.63, 3.8) is 0 Å². The van der Waals surface area contributed by atoms with Gasteiger partial charge in [0.05, 0.1) is 17.1 Å². The summed E-state index contributed by atoms with van der Waals surface area (Å²) in [6.45, 7) is 8.88. The number of hydrogen-bond acceptors (Lipinski definition) is 7. The Kier molecular flexibility index (Phi) is 7.58. The van der Waals surface area contributed by atoms with Crippen LogP contribution < -0.4 is 16.1 Å². The van der Waals surface area contributed by atoms with Gasteiger partial charge in [-0.1, -0.05) is 12.1 Å². The quantitative estimate of drug-likeness (QED) is 0.175. The molecule has 0 aliphatic carbocycles. The summed E-state index contributed by atoms with van der Waals surface area (Å²) >= 11 is 0. The fourth-order valence-electron chi connectivity index (χ4n) is 4.45. The minimum atomic E-state index is -0.794. The van der Waals surface area contributed by atoms with Gasteiger partial charge >= 0.3 is 5.97 Å². The van der Waals surface area contributed by atoms with Crippen LogP contribution in [-0.2, 0) is 4.74 Å². The van der Waals surface area contributed by atoms with Crippen LogP contribution in [0.25, 0.3) is 22.3 Å². The topological polar surface area (TPSA) is 104 Å². The van der Waals surface area contributed by atoms with Crippen molar-refractivity contribution in [3.8, 4) is 11.3 Å². The molecule has 0 radical (unpaired) electrons. The molecule has 0 saturated heterocycles. The average Bonchev–Trinajstić information content (AvgIpc) is 2.87. The third-order valence-electron chi connectivity index (χ3n) is 6.22. The summed E-state index contributed by atoms with van der Waals surface area (Å²) in [5.74, 6) is -1.11. The number of benzene rings is 3. The molecule has 0 spiro atoms. The van der Waals surface area contributed by atoms with E-state index in [1.165, 1.54) is 24.4 Å². The molecule has 0 aliphatic rings. The molecule has 1 aromatic heterocycles. The Morgan fingerprint density at radius 1 is 1.10 bits per heavy atom. The second-order valence-electron chi connectivity index (χ2n) is 10.4. The van der Waals surface area contributed by atoms with E-state index in [1.807, 2.05) is 32.0 Å². The van der Waals surface area contributed by atoms with Gasteiger partial charge in [-0.3, -0.25) is 4.79 Å². The molecule has 0 bridgehead atoms. The fraction of sp³-hybridized carbons (Fsp3) is 0.258. The first-order valence-corrected chi connectivity index (χ1v) is 12.6. The van der Waals surface area contributed by atoms with E-state index in [4.69, 9.17) is 14.6 Å². The molecule has 0 amide bonds. The van der Waals surface area contributed by atoms with Gasteiger partial charge < -0.3 is 25.2 Å². The van der Waals surface area contributed by atoms with Crippen LogP contribution in [0.1, 0.15) is 60.8 Å². The lowest BCUT2D eigenvalue weighted by atomic mass is 9.99. The van der Waals surface area contributed by atoms with Crippen molar-refractivity contribution in [2.24, 2.45) is 0 Å². The van der Waals surface area contributed by atoms with Gasteiger partial charge in [-0.25, -0.2) is 9.18 Å². The monoisotopic (exact) mass is 529 g/mol. The lowest BCUT2D eigenvalue weighted by Crippen LogP contribution is -2.25. The van der Waals surface area contributed by atoms with E-state index < -0.39 is 23.4 Å². The summed E-state index contributed by atoms with van der Waals surface area (Å²) in [5.41, 5.74) is 3.05. The number of ether oxygens (including phenoxy) is 1. The Morgan fingerprint density at radius 3 is 2.51 bits per heavy atom. The molecule has 3 N–H and O–H groups in total. The molecule has 0 fully saturated rings. The molecule has 0 saturated carbocycles. The van der Waals surface area contributed by atoms with Gasteiger partial charge in [-0.15, -0.1) is 0 Å². The Balaban J connectivity index is 1.81. The van der Waals surface area contributed by atoms with E-state index in [0.717, 1.165) is 11.3 Å². The standard InChI is InChI=1S/C31H32FN3O4/c1-17-12-21(18(2)35-25-9-7-8-23(32)28(25)30(37)39-31(3,4)5)29-22(13-17)26(36)15-27(38-29)19-10-11-24(34-6)20(14-19)16-33/h7-16,18,33-35H,1-6H3. The highest BCUT2D eigenvalue weighted by molar-refractivity contribution is 5.96. The van der Waals surface area contributed by atoms with Crippen molar-refractivity contribution in [3.05, 3.63) is 92.9 Å². The molecule has 8 heteroatoms. The van der Waals surface area contributed by atoms with Crippen LogP contribution in [-0.4, -0.2) is 24.8 Å². The molecule has 39 heavy (non-hydrogen) atoms. The van der Waals surface area contributed by atoms with Crippen LogP contribution in [0.3, 0.4) is 0 Å². The number of esters is 1. The van der Waals surface area contributed by atoms with Crippen molar-refractivity contribution in [2.45, 2.75) is 46.3 Å². The highest BCUT2D eigenvalue weighted by Crippen LogP contribution is 2.33. The van der Waals surface area contributed by atoms with Crippen molar-refractivity contribution < 1.29 is 18.3 Å². The van der Waals surface area contributed by atoms with Crippen LogP contribution in [0.2, 0.25) is 0 Å². The van der Waals surface area contributed by atoms with Gasteiger partial charge in [-0.2, -0.15) is 0 Å². The van der Waals surface area contributed by atoms with E-state index in [2.05, 4.69) is 10.6 Å². The predicted octanol–water partition coefficient (Wildman–Crippen LogP) is 7.08. The van der Waals surface area contributed by atoms with Crippen LogP contribution in [0, 0.1) is 18.2 Å². The molecule has 202 valence electrons. The van der Waals surface area contributed by atoms with Crippen LogP contribution >= 0.6 is 0 Å². The van der Waals surface area contributed by atoms with Gasteiger partial charge in [0.15, 0.2) is 5.43 Å². The molecule has 1 heterocycles. The molecule has 3 aromatic carbocycles. The SMILES string of the molecule is CNc1ccc(-c2cc(=O)c3cc(C)cc(C(C)Nc4cccc(F)c4C(=O)OC(C)(C)C)c3o2)cc1C=N. The predicted molar refractivity (Wildman–Crippen MR) is 154 cm³/mol. The second-order valence-corrected chi connectivity index (χ2v) is 10.4. The number of nitrogens with one attached hydrogen (secondary N) is 3. The zero-order chi connectivity index (χ0) is 28.5. The first-order valence-electron chi connectivity index (χ1n) is 12.6. The lowest BCUT2D eigenvalue weighted by molar-refractivity contribution is 0.00659. The molecule has 7 nitrogen and oxygen atoms in total. The molecular weight excluding hydrogens is 497 g/mol. The first-order chi connectivity index (χ1) is 18.4. The molecule has 1 atom stereocenters. The Morgan fingerprint density at radius 2 is 1.85 bits per heavy atom. The van der Waals surface area contributed by atoms with Gasteiger partial charge in [0.2, 0.25) is 0 Å². The normalized spacial score (nSPS) is 12.2. The minimum absolute atomic E-state index is 0.192. The Hall–Kier alpha value is -4.46. The maximum atomic E-state index is 14.8. The molecule has 1 unspecified atom stereocenters. The third kappa shape index (κ3) is 5.85. The van der Waals surface area contributed by atoms with Crippen LogP contribution in [0.4, 0.5) is 15.8 Å². The van der Waals surface area contributed by atoms with Gasteiger partial charge in [0.1, 0.15) is 28.3 Å². The summed E-state index contributed by atoms with van der Waals surface area (Å²) in [7, 11) is 1.77. The summed E-state index contributed by atoms with van der Waals surface area (Å²) in [6.07, 6.45) is 1.23. The number of halogens is 1. The van der Waals surface area contributed by atoms with E-state index in [9.17, 15) is 14.0 Å². The minimum Gasteiger partial charge on any atom is -0.456 e. The van der Waals surface area contributed by atoms with E-state index in [1.54, 1.807) is 46.0 Å². The fourth-order valence-corrected chi connectivity index (χ4v) is 4.45. The number of hydrogen-bond donors (Lipinski definition) is 3.